The summed E-state index contributed by atoms with van der Waals surface area (Å²) < 4.78 is 0. The predicted molar refractivity (Wildman–Crippen MR) is 58.8 cm³/mol. The van der Waals surface area contributed by atoms with Gasteiger partial charge in [0.2, 0.25) is 0 Å². The van der Waals surface area contributed by atoms with E-state index < -0.39 is 0 Å². The molecular weight excluding hydrogens is 180 g/mol. The van der Waals surface area contributed by atoms with E-state index in [9.17, 15) is 4.79 Å². The van der Waals surface area contributed by atoms with Crippen LogP contribution in [0, 0.1) is 17.3 Å². The molecule has 2 unspecified atom stereocenters. The Bertz CT molecular complexity index is 198. The second kappa shape index (κ2) is 4.04. The quantitative estimate of drug-likeness (QED) is 0.692. The lowest BCUT2D eigenvalue weighted by Gasteiger charge is -2.00. The second-order valence-electron chi connectivity index (χ2n) is 4.63. The first kappa shape index (κ1) is 11.1. The van der Waals surface area contributed by atoms with E-state index in [-0.39, 0.29) is 5.12 Å². The smallest absolute Gasteiger partial charge is 0.185 e. The molecule has 0 aliphatic heterocycles. The molecule has 1 nitrogen and oxygen atoms in total. The zero-order chi connectivity index (χ0) is 10.1. The topological polar surface area (TPSA) is 17.1 Å². The molecular formula is C11H20OS. The summed E-state index contributed by atoms with van der Waals surface area (Å²) in [5.41, 5.74) is 0.498. The molecule has 0 amide bonds. The molecule has 76 valence electrons. The van der Waals surface area contributed by atoms with Crippen molar-refractivity contribution in [1.82, 2.24) is 0 Å². The average molecular weight is 200 g/mol. The van der Waals surface area contributed by atoms with Crippen molar-refractivity contribution in [3.63, 3.8) is 0 Å². The Balaban J connectivity index is 2.32. The molecule has 0 aromatic carbocycles. The lowest BCUT2D eigenvalue weighted by Crippen LogP contribution is -1.94. The highest BCUT2D eigenvalue weighted by molar-refractivity contribution is 8.13. The van der Waals surface area contributed by atoms with Crippen molar-refractivity contribution < 1.29 is 4.79 Å². The van der Waals surface area contributed by atoms with E-state index in [1.165, 1.54) is 24.6 Å². The van der Waals surface area contributed by atoms with Crippen LogP contribution in [-0.2, 0) is 4.79 Å². The first-order chi connectivity index (χ1) is 6.00. The maximum absolute atomic E-state index is 10.8. The third-order valence-electron chi connectivity index (χ3n) is 3.35. The summed E-state index contributed by atoms with van der Waals surface area (Å²) in [6, 6.07) is 0. The van der Waals surface area contributed by atoms with Gasteiger partial charge >= 0.3 is 0 Å². The van der Waals surface area contributed by atoms with Crippen LogP contribution in [0.4, 0.5) is 0 Å². The van der Waals surface area contributed by atoms with Gasteiger partial charge < -0.3 is 0 Å². The molecule has 13 heavy (non-hydrogen) atoms. The van der Waals surface area contributed by atoms with Gasteiger partial charge in [0, 0.05) is 12.7 Å². The standard InChI is InChI=1S/C11H20OS/c1-5-6-9-10(11(9,3)4)7-13-8(2)12/h9-10H,5-7H2,1-4H3. The van der Waals surface area contributed by atoms with E-state index in [1.807, 2.05) is 0 Å². The zero-order valence-electron chi connectivity index (χ0n) is 9.09. The largest absolute Gasteiger partial charge is 0.288 e. The minimum absolute atomic E-state index is 0.262. The molecule has 0 heterocycles. The normalized spacial score (nSPS) is 30.2. The van der Waals surface area contributed by atoms with Crippen LogP contribution in [0.5, 0.6) is 0 Å². The molecule has 0 spiro atoms. The zero-order valence-corrected chi connectivity index (χ0v) is 9.91. The van der Waals surface area contributed by atoms with E-state index in [2.05, 4.69) is 20.8 Å². The highest BCUT2D eigenvalue weighted by atomic mass is 32.2. The Hall–Kier alpha value is 0.0200. The van der Waals surface area contributed by atoms with Gasteiger partial charge in [-0.2, -0.15) is 0 Å². The van der Waals surface area contributed by atoms with Crippen molar-refractivity contribution in [2.75, 3.05) is 5.75 Å². The van der Waals surface area contributed by atoms with Crippen molar-refractivity contribution in [2.45, 2.75) is 40.5 Å². The first-order valence-electron chi connectivity index (χ1n) is 5.13. The molecule has 0 aromatic rings. The van der Waals surface area contributed by atoms with Crippen molar-refractivity contribution in [2.24, 2.45) is 17.3 Å². The van der Waals surface area contributed by atoms with Crippen LogP contribution in [0.2, 0.25) is 0 Å². The SMILES string of the molecule is CCCC1C(CSC(C)=O)C1(C)C. The molecule has 1 aliphatic rings. The third-order valence-corrected chi connectivity index (χ3v) is 4.29. The fourth-order valence-electron chi connectivity index (χ4n) is 2.28. The van der Waals surface area contributed by atoms with Crippen LogP contribution in [-0.4, -0.2) is 10.9 Å². The molecule has 2 atom stereocenters. The Kier molecular flexibility index (Phi) is 3.44. The van der Waals surface area contributed by atoms with Crippen LogP contribution in [0.15, 0.2) is 0 Å². The van der Waals surface area contributed by atoms with Crippen LogP contribution in [0.1, 0.15) is 40.5 Å². The van der Waals surface area contributed by atoms with Gasteiger partial charge in [0.15, 0.2) is 5.12 Å². The maximum Gasteiger partial charge on any atom is 0.185 e. The molecule has 0 aromatic heterocycles. The third kappa shape index (κ3) is 2.49. The summed E-state index contributed by atoms with van der Waals surface area (Å²) in [6.07, 6.45) is 2.60. The Labute approximate surface area is 85.7 Å². The van der Waals surface area contributed by atoms with E-state index in [0.717, 1.165) is 17.6 Å². The molecule has 0 radical (unpaired) electrons. The highest BCUT2D eigenvalue weighted by Gasteiger charge is 2.55. The van der Waals surface area contributed by atoms with Crippen LogP contribution in [0.3, 0.4) is 0 Å². The van der Waals surface area contributed by atoms with E-state index in [1.54, 1.807) is 6.92 Å². The lowest BCUT2D eigenvalue weighted by molar-refractivity contribution is -0.109. The Morgan fingerprint density at radius 3 is 2.46 bits per heavy atom. The van der Waals surface area contributed by atoms with Crippen molar-refractivity contribution in [3.8, 4) is 0 Å². The van der Waals surface area contributed by atoms with Crippen molar-refractivity contribution in [1.29, 1.82) is 0 Å². The van der Waals surface area contributed by atoms with Gasteiger partial charge in [0.1, 0.15) is 0 Å². The van der Waals surface area contributed by atoms with E-state index >= 15 is 0 Å². The molecule has 1 saturated carbocycles. The van der Waals surface area contributed by atoms with Gasteiger partial charge in [0.25, 0.3) is 0 Å². The minimum atomic E-state index is 0.262. The van der Waals surface area contributed by atoms with Gasteiger partial charge in [-0.15, -0.1) is 0 Å². The molecule has 1 rings (SSSR count). The summed E-state index contributed by atoms with van der Waals surface area (Å²) >= 11 is 1.49. The number of carbonyl (C=O) groups is 1. The summed E-state index contributed by atoms with van der Waals surface area (Å²) in [6.45, 7) is 8.57. The first-order valence-corrected chi connectivity index (χ1v) is 6.12. The number of thioether (sulfide) groups is 1. The van der Waals surface area contributed by atoms with Gasteiger partial charge in [-0.3, -0.25) is 4.79 Å². The molecule has 1 fully saturated rings. The van der Waals surface area contributed by atoms with Gasteiger partial charge in [-0.05, 0) is 23.7 Å². The van der Waals surface area contributed by atoms with E-state index in [0.29, 0.717) is 5.41 Å². The summed E-state index contributed by atoms with van der Waals surface area (Å²) in [5, 5.41) is 0.262. The number of hydrogen-bond acceptors (Lipinski definition) is 2. The Morgan fingerprint density at radius 1 is 1.38 bits per heavy atom. The predicted octanol–water partition coefficient (Wildman–Crippen LogP) is 3.34. The van der Waals surface area contributed by atoms with Gasteiger partial charge in [-0.25, -0.2) is 0 Å². The summed E-state index contributed by atoms with van der Waals surface area (Å²) in [5.74, 6) is 2.68. The van der Waals surface area contributed by atoms with Crippen molar-refractivity contribution in [3.05, 3.63) is 0 Å². The lowest BCUT2D eigenvalue weighted by atomic mass is 10.1. The fraction of sp³-hybridized carbons (Fsp3) is 0.909. The Morgan fingerprint density at radius 2 is 2.00 bits per heavy atom. The molecule has 1 aliphatic carbocycles. The van der Waals surface area contributed by atoms with Gasteiger partial charge in [0.05, 0.1) is 0 Å². The van der Waals surface area contributed by atoms with Gasteiger partial charge in [-0.1, -0.05) is 39.0 Å². The second-order valence-corrected chi connectivity index (χ2v) is 5.82. The fourth-order valence-corrected chi connectivity index (χ4v) is 3.36. The minimum Gasteiger partial charge on any atom is -0.288 e. The number of rotatable bonds is 4. The molecule has 2 heteroatoms. The molecule has 0 N–H and O–H groups in total. The maximum atomic E-state index is 10.8. The number of hydrogen-bond donors (Lipinski definition) is 0. The average Bonchev–Trinajstić information content (AvgIpc) is 2.51. The van der Waals surface area contributed by atoms with Crippen LogP contribution >= 0.6 is 11.8 Å². The van der Waals surface area contributed by atoms with E-state index in [4.69, 9.17) is 0 Å². The monoisotopic (exact) mass is 200 g/mol. The number of carbonyl (C=O) groups excluding carboxylic acids is 1. The summed E-state index contributed by atoms with van der Waals surface area (Å²) in [7, 11) is 0. The summed E-state index contributed by atoms with van der Waals surface area (Å²) in [4.78, 5) is 10.8. The molecule has 0 bridgehead atoms. The van der Waals surface area contributed by atoms with Crippen LogP contribution in [0.25, 0.3) is 0 Å². The van der Waals surface area contributed by atoms with Crippen molar-refractivity contribution >= 4 is 16.9 Å². The highest BCUT2D eigenvalue weighted by Crippen LogP contribution is 2.61. The van der Waals surface area contributed by atoms with Crippen LogP contribution < -0.4 is 0 Å². The molecule has 0 saturated heterocycles.